The maximum atomic E-state index is 12.7. The van der Waals surface area contributed by atoms with E-state index in [-0.39, 0.29) is 11.9 Å². The van der Waals surface area contributed by atoms with Crippen molar-refractivity contribution in [1.29, 1.82) is 0 Å². The lowest BCUT2D eigenvalue weighted by molar-refractivity contribution is -0.122. The maximum absolute atomic E-state index is 12.7. The Hall–Kier alpha value is -1.27. The van der Waals surface area contributed by atoms with Crippen LogP contribution in [0.2, 0.25) is 5.02 Å². The van der Waals surface area contributed by atoms with Gasteiger partial charge in [-0.1, -0.05) is 43.7 Å². The molecule has 0 saturated heterocycles. The number of benzene rings is 1. The van der Waals surface area contributed by atoms with Crippen molar-refractivity contribution < 1.29 is 13.2 Å². The normalized spacial score (nSPS) is 18.0. The standard InChI is InChI=1S/C18H27ClN2O3S/c1-14(18(22)20-16-8-6-4-3-5-7-9-16)21(25(2,23)24)17-12-10-15(19)11-13-17/h10-14,16H,3-9H2,1-2H3,(H,20,22)/t14-/m0/s1. The topological polar surface area (TPSA) is 66.5 Å². The molecule has 140 valence electrons. The van der Waals surface area contributed by atoms with Crippen molar-refractivity contribution in [3.8, 4) is 0 Å². The predicted molar refractivity (Wildman–Crippen MR) is 102 cm³/mol. The van der Waals surface area contributed by atoms with Crippen LogP contribution in [0.4, 0.5) is 5.69 Å². The van der Waals surface area contributed by atoms with Crippen molar-refractivity contribution in [3.05, 3.63) is 29.3 Å². The largest absolute Gasteiger partial charge is 0.352 e. The van der Waals surface area contributed by atoms with Crippen LogP contribution in [0.5, 0.6) is 0 Å². The number of halogens is 1. The van der Waals surface area contributed by atoms with Gasteiger partial charge in [0, 0.05) is 11.1 Å². The highest BCUT2D eigenvalue weighted by atomic mass is 35.5. The van der Waals surface area contributed by atoms with Crippen molar-refractivity contribution in [3.63, 3.8) is 0 Å². The molecule has 1 aliphatic rings. The van der Waals surface area contributed by atoms with E-state index in [0.29, 0.717) is 10.7 Å². The molecule has 5 nitrogen and oxygen atoms in total. The quantitative estimate of drug-likeness (QED) is 0.838. The fourth-order valence-corrected chi connectivity index (χ4v) is 4.62. The van der Waals surface area contributed by atoms with Gasteiger partial charge in [0.25, 0.3) is 0 Å². The van der Waals surface area contributed by atoms with E-state index in [1.54, 1.807) is 31.2 Å². The molecule has 0 spiro atoms. The van der Waals surface area contributed by atoms with E-state index < -0.39 is 16.1 Å². The second-order valence-corrected chi connectivity index (χ2v) is 9.06. The summed E-state index contributed by atoms with van der Waals surface area (Å²) in [5.41, 5.74) is 0.437. The van der Waals surface area contributed by atoms with E-state index >= 15 is 0 Å². The molecule has 1 saturated carbocycles. The third-order valence-electron chi connectivity index (χ3n) is 4.62. The maximum Gasteiger partial charge on any atom is 0.243 e. The molecule has 1 N–H and O–H groups in total. The summed E-state index contributed by atoms with van der Waals surface area (Å²) in [4.78, 5) is 12.7. The first-order chi connectivity index (χ1) is 11.8. The number of carbonyl (C=O) groups is 1. The van der Waals surface area contributed by atoms with Gasteiger partial charge in [-0.05, 0) is 44.0 Å². The van der Waals surface area contributed by atoms with Gasteiger partial charge < -0.3 is 5.32 Å². The Balaban J connectivity index is 2.13. The van der Waals surface area contributed by atoms with Crippen LogP contribution in [-0.2, 0) is 14.8 Å². The number of carbonyl (C=O) groups excluding carboxylic acids is 1. The number of hydrogen-bond donors (Lipinski definition) is 1. The molecule has 1 atom stereocenters. The van der Waals surface area contributed by atoms with E-state index in [2.05, 4.69) is 5.32 Å². The second-order valence-electron chi connectivity index (χ2n) is 6.76. The number of hydrogen-bond acceptors (Lipinski definition) is 3. The molecule has 1 aliphatic carbocycles. The van der Waals surface area contributed by atoms with Crippen LogP contribution in [0.15, 0.2) is 24.3 Å². The molecule has 7 heteroatoms. The summed E-state index contributed by atoms with van der Waals surface area (Å²) < 4.78 is 25.7. The first-order valence-corrected chi connectivity index (χ1v) is 11.1. The highest BCUT2D eigenvalue weighted by Gasteiger charge is 2.30. The van der Waals surface area contributed by atoms with E-state index in [1.165, 1.54) is 19.3 Å². The molecule has 25 heavy (non-hydrogen) atoms. The van der Waals surface area contributed by atoms with Crippen molar-refractivity contribution in [2.24, 2.45) is 0 Å². The van der Waals surface area contributed by atoms with Crippen LogP contribution in [0.1, 0.15) is 51.9 Å². The average molecular weight is 387 g/mol. The van der Waals surface area contributed by atoms with Crippen LogP contribution in [0.25, 0.3) is 0 Å². The van der Waals surface area contributed by atoms with Gasteiger partial charge in [0.1, 0.15) is 6.04 Å². The Morgan fingerprint density at radius 2 is 1.64 bits per heavy atom. The summed E-state index contributed by atoms with van der Waals surface area (Å²) >= 11 is 5.88. The van der Waals surface area contributed by atoms with Crippen LogP contribution >= 0.6 is 11.6 Å². The Labute approximate surface area is 155 Å². The molecule has 1 aromatic rings. The minimum absolute atomic E-state index is 0.127. The lowest BCUT2D eigenvalue weighted by Gasteiger charge is -2.30. The lowest BCUT2D eigenvalue weighted by Crippen LogP contribution is -2.50. The molecule has 0 aromatic heterocycles. The number of nitrogens with zero attached hydrogens (tertiary/aromatic N) is 1. The molecule has 1 amide bonds. The molecule has 2 rings (SSSR count). The first kappa shape index (κ1) is 20.0. The number of amides is 1. The zero-order chi connectivity index (χ0) is 18.4. The van der Waals surface area contributed by atoms with Gasteiger partial charge in [0.05, 0.1) is 11.9 Å². The Morgan fingerprint density at radius 1 is 1.12 bits per heavy atom. The summed E-state index contributed by atoms with van der Waals surface area (Å²) in [5, 5.41) is 3.57. The molecular weight excluding hydrogens is 360 g/mol. The van der Waals surface area contributed by atoms with Crippen LogP contribution in [-0.4, -0.2) is 32.7 Å². The van der Waals surface area contributed by atoms with Crippen LogP contribution in [0, 0.1) is 0 Å². The number of sulfonamides is 1. The van der Waals surface area contributed by atoms with Crippen molar-refractivity contribution in [2.75, 3.05) is 10.6 Å². The van der Waals surface area contributed by atoms with Crippen LogP contribution in [0.3, 0.4) is 0 Å². The van der Waals surface area contributed by atoms with Gasteiger partial charge in [-0.25, -0.2) is 8.42 Å². The zero-order valence-corrected chi connectivity index (χ0v) is 16.4. The molecule has 0 radical (unpaired) electrons. The van der Waals surface area contributed by atoms with Gasteiger partial charge in [-0.15, -0.1) is 0 Å². The molecule has 0 unspecified atom stereocenters. The zero-order valence-electron chi connectivity index (χ0n) is 14.9. The monoisotopic (exact) mass is 386 g/mol. The van der Waals surface area contributed by atoms with Gasteiger partial charge in [-0.2, -0.15) is 0 Å². The smallest absolute Gasteiger partial charge is 0.243 e. The summed E-state index contributed by atoms with van der Waals surface area (Å²) in [5.74, 6) is -0.258. The lowest BCUT2D eigenvalue weighted by atomic mass is 9.96. The molecule has 1 fully saturated rings. The van der Waals surface area contributed by atoms with Crippen molar-refractivity contribution >= 4 is 33.2 Å². The minimum atomic E-state index is -3.60. The minimum Gasteiger partial charge on any atom is -0.352 e. The predicted octanol–water partition coefficient (Wildman–Crippen LogP) is 3.72. The van der Waals surface area contributed by atoms with Gasteiger partial charge >= 0.3 is 0 Å². The van der Waals surface area contributed by atoms with Crippen molar-refractivity contribution in [1.82, 2.24) is 5.32 Å². The second kappa shape index (κ2) is 8.90. The summed E-state index contributed by atoms with van der Waals surface area (Å²) in [6.45, 7) is 1.62. The van der Waals surface area contributed by atoms with Gasteiger partial charge in [0.2, 0.25) is 15.9 Å². The summed E-state index contributed by atoms with van der Waals surface area (Å²) in [6.07, 6.45) is 8.89. The molecular formula is C18H27ClN2O3S. The number of nitrogens with one attached hydrogen (secondary N) is 1. The summed E-state index contributed by atoms with van der Waals surface area (Å²) in [7, 11) is -3.60. The average Bonchev–Trinajstić information content (AvgIpc) is 2.50. The van der Waals surface area contributed by atoms with Crippen LogP contribution < -0.4 is 9.62 Å². The SMILES string of the molecule is C[C@@H](C(=O)NC1CCCCCCC1)N(c1ccc(Cl)cc1)S(C)(=O)=O. The van der Waals surface area contributed by atoms with E-state index in [0.717, 1.165) is 36.2 Å². The third kappa shape index (κ3) is 5.89. The fraction of sp³-hybridized carbons (Fsp3) is 0.611. The Bertz CT molecular complexity index is 668. The third-order valence-corrected chi connectivity index (χ3v) is 6.11. The molecule has 0 heterocycles. The van der Waals surface area contributed by atoms with E-state index in [4.69, 9.17) is 11.6 Å². The summed E-state index contributed by atoms with van der Waals surface area (Å²) in [6, 6.07) is 5.78. The van der Waals surface area contributed by atoms with Crippen molar-refractivity contribution in [2.45, 2.75) is 64.0 Å². The van der Waals surface area contributed by atoms with Gasteiger partial charge in [-0.3, -0.25) is 9.10 Å². The Kier molecular flexibility index (Phi) is 7.14. The van der Waals surface area contributed by atoms with E-state index in [1.807, 2.05) is 0 Å². The first-order valence-electron chi connectivity index (χ1n) is 8.84. The Morgan fingerprint density at radius 3 is 2.16 bits per heavy atom. The molecule has 0 bridgehead atoms. The van der Waals surface area contributed by atoms with Gasteiger partial charge in [0.15, 0.2) is 0 Å². The highest BCUT2D eigenvalue weighted by Crippen LogP contribution is 2.23. The fourth-order valence-electron chi connectivity index (χ4n) is 3.32. The number of rotatable bonds is 5. The molecule has 1 aromatic carbocycles. The van der Waals surface area contributed by atoms with E-state index in [9.17, 15) is 13.2 Å². The number of anilines is 1. The highest BCUT2D eigenvalue weighted by molar-refractivity contribution is 7.92. The molecule has 0 aliphatic heterocycles.